The van der Waals surface area contributed by atoms with E-state index in [1.165, 1.54) is 4.88 Å². The maximum atomic E-state index is 6.19. The molecule has 2 heterocycles. The number of halogens is 2. The van der Waals surface area contributed by atoms with Gasteiger partial charge in [-0.2, -0.15) is 0 Å². The average Bonchev–Trinajstić information content (AvgIpc) is 3.01. The van der Waals surface area contributed by atoms with Gasteiger partial charge in [0.1, 0.15) is 0 Å². The Hall–Kier alpha value is -0.810. The fraction of sp³-hybridized carbons (Fsp3) is 0.267. The van der Waals surface area contributed by atoms with E-state index < -0.39 is 0 Å². The Balaban J connectivity index is 2.30. The highest BCUT2D eigenvalue weighted by molar-refractivity contribution is 7.71. The van der Waals surface area contributed by atoms with Gasteiger partial charge in [0.2, 0.25) is 0 Å². The summed E-state index contributed by atoms with van der Waals surface area (Å²) in [5.41, 5.74) is 1.90. The van der Waals surface area contributed by atoms with Gasteiger partial charge in [-0.05, 0) is 41.7 Å². The number of fused-ring (bicyclic) bond motifs is 1. The molecular weight excluding hydrogens is 343 g/mol. The summed E-state index contributed by atoms with van der Waals surface area (Å²) in [6.45, 7) is 4.39. The lowest BCUT2D eigenvalue weighted by molar-refractivity contribution is 0.449. The minimum atomic E-state index is 0.184. The lowest BCUT2D eigenvalue weighted by atomic mass is 10.0. The van der Waals surface area contributed by atoms with Crippen molar-refractivity contribution in [3.8, 4) is 0 Å². The number of thiophene rings is 1. The molecule has 2 aromatic heterocycles. The Kier molecular flexibility index (Phi) is 4.14. The molecule has 0 aliphatic heterocycles. The molecular formula is C15H14Cl2N2S2. The van der Waals surface area contributed by atoms with Gasteiger partial charge < -0.3 is 9.55 Å². The Labute approximate surface area is 142 Å². The molecule has 0 bridgehead atoms. The van der Waals surface area contributed by atoms with Crippen LogP contribution in [0.1, 0.15) is 24.8 Å². The SMILES string of the molecule is CC(C)C(c1cccs1)n1c(=S)[nH]c2cc(Cl)c(Cl)cc21. The van der Waals surface area contributed by atoms with Gasteiger partial charge in [0.25, 0.3) is 0 Å². The summed E-state index contributed by atoms with van der Waals surface area (Å²) >= 11 is 19.6. The first-order valence-electron chi connectivity index (χ1n) is 6.61. The standard InChI is InChI=1S/C15H14Cl2N2S2/c1-8(2)14(13-4-3-5-21-13)19-12-7-10(17)9(16)6-11(12)18-15(19)20/h3-8,14H,1-2H3,(H,18,20). The van der Waals surface area contributed by atoms with E-state index in [2.05, 4.69) is 40.9 Å². The average molecular weight is 357 g/mol. The highest BCUT2D eigenvalue weighted by atomic mass is 35.5. The number of nitrogens with one attached hydrogen (secondary N) is 1. The predicted octanol–water partition coefficient (Wildman–Crippen LogP) is 6.31. The number of imidazole rings is 1. The van der Waals surface area contributed by atoms with Crippen molar-refractivity contribution in [1.82, 2.24) is 9.55 Å². The van der Waals surface area contributed by atoms with Crippen molar-refractivity contribution in [2.75, 3.05) is 0 Å². The fourth-order valence-electron chi connectivity index (χ4n) is 2.61. The van der Waals surface area contributed by atoms with Crippen LogP contribution in [-0.2, 0) is 0 Å². The van der Waals surface area contributed by atoms with Crippen LogP contribution in [0.25, 0.3) is 11.0 Å². The van der Waals surface area contributed by atoms with Crippen molar-refractivity contribution in [3.63, 3.8) is 0 Å². The van der Waals surface area contributed by atoms with E-state index in [-0.39, 0.29) is 6.04 Å². The van der Waals surface area contributed by atoms with Gasteiger partial charge in [-0.15, -0.1) is 11.3 Å². The topological polar surface area (TPSA) is 20.7 Å². The predicted molar refractivity (Wildman–Crippen MR) is 94.4 cm³/mol. The Morgan fingerprint density at radius 1 is 1.24 bits per heavy atom. The first kappa shape index (κ1) is 15.1. The third-order valence-electron chi connectivity index (χ3n) is 3.50. The van der Waals surface area contributed by atoms with Crippen molar-refractivity contribution < 1.29 is 0 Å². The second-order valence-corrected chi connectivity index (χ2v) is 7.47. The molecule has 0 spiro atoms. The molecule has 1 aromatic carbocycles. The zero-order valence-electron chi connectivity index (χ0n) is 11.6. The molecule has 0 aliphatic rings. The maximum absolute atomic E-state index is 6.19. The third-order valence-corrected chi connectivity index (χ3v) is 5.47. The molecule has 0 amide bonds. The first-order chi connectivity index (χ1) is 9.99. The smallest absolute Gasteiger partial charge is 0.178 e. The molecule has 1 atom stereocenters. The second-order valence-electron chi connectivity index (χ2n) is 5.29. The molecule has 2 nitrogen and oxygen atoms in total. The Morgan fingerprint density at radius 3 is 2.57 bits per heavy atom. The van der Waals surface area contributed by atoms with E-state index in [1.54, 1.807) is 11.3 Å². The fourth-order valence-corrected chi connectivity index (χ4v) is 4.24. The summed E-state index contributed by atoms with van der Waals surface area (Å²) in [6, 6.07) is 8.11. The lowest BCUT2D eigenvalue weighted by Crippen LogP contribution is -2.15. The summed E-state index contributed by atoms with van der Waals surface area (Å²) in [4.78, 5) is 4.52. The Bertz CT molecular complexity index is 831. The minimum Gasteiger partial charge on any atom is -0.331 e. The van der Waals surface area contributed by atoms with E-state index >= 15 is 0 Å². The van der Waals surface area contributed by atoms with E-state index in [1.807, 2.05) is 12.1 Å². The van der Waals surface area contributed by atoms with Crippen molar-refractivity contribution in [2.45, 2.75) is 19.9 Å². The van der Waals surface area contributed by atoms with E-state index in [9.17, 15) is 0 Å². The zero-order valence-corrected chi connectivity index (χ0v) is 14.7. The molecule has 3 aromatic rings. The molecule has 0 saturated heterocycles. The van der Waals surface area contributed by atoms with Crippen LogP contribution < -0.4 is 0 Å². The summed E-state index contributed by atoms with van der Waals surface area (Å²) in [5.74, 6) is 0.406. The Morgan fingerprint density at radius 2 is 1.95 bits per heavy atom. The van der Waals surface area contributed by atoms with Gasteiger partial charge >= 0.3 is 0 Å². The van der Waals surface area contributed by atoms with Gasteiger partial charge in [-0.1, -0.05) is 43.1 Å². The summed E-state index contributed by atoms with van der Waals surface area (Å²) in [6.07, 6.45) is 0. The first-order valence-corrected chi connectivity index (χ1v) is 8.66. The number of H-pyrrole nitrogens is 1. The largest absolute Gasteiger partial charge is 0.331 e. The molecule has 6 heteroatoms. The summed E-state index contributed by atoms with van der Waals surface area (Å²) < 4.78 is 2.83. The summed E-state index contributed by atoms with van der Waals surface area (Å²) in [5, 5.41) is 3.16. The van der Waals surface area contributed by atoms with Crippen LogP contribution in [0, 0.1) is 10.7 Å². The quantitative estimate of drug-likeness (QED) is 0.545. The highest BCUT2D eigenvalue weighted by Gasteiger charge is 2.22. The number of nitrogens with zero attached hydrogens (tertiary/aromatic N) is 1. The number of hydrogen-bond donors (Lipinski definition) is 1. The molecule has 110 valence electrons. The molecule has 1 unspecified atom stereocenters. The van der Waals surface area contributed by atoms with Crippen LogP contribution in [0.3, 0.4) is 0 Å². The highest BCUT2D eigenvalue weighted by Crippen LogP contribution is 2.35. The van der Waals surface area contributed by atoms with Gasteiger partial charge in [0.15, 0.2) is 4.77 Å². The van der Waals surface area contributed by atoms with Crippen LogP contribution in [-0.4, -0.2) is 9.55 Å². The van der Waals surface area contributed by atoms with Crippen molar-refractivity contribution in [3.05, 3.63) is 49.3 Å². The molecule has 1 N–H and O–H groups in total. The number of hydrogen-bond acceptors (Lipinski definition) is 2. The van der Waals surface area contributed by atoms with Crippen LogP contribution >= 0.6 is 46.8 Å². The number of aromatic nitrogens is 2. The molecule has 0 radical (unpaired) electrons. The van der Waals surface area contributed by atoms with Gasteiger partial charge in [0, 0.05) is 4.88 Å². The number of aromatic amines is 1. The van der Waals surface area contributed by atoms with Crippen molar-refractivity contribution in [2.24, 2.45) is 5.92 Å². The van der Waals surface area contributed by atoms with E-state index in [0.29, 0.717) is 20.7 Å². The van der Waals surface area contributed by atoms with Crippen molar-refractivity contribution in [1.29, 1.82) is 0 Å². The monoisotopic (exact) mass is 356 g/mol. The van der Waals surface area contributed by atoms with Crippen LogP contribution in [0.15, 0.2) is 29.6 Å². The van der Waals surface area contributed by atoms with E-state index in [4.69, 9.17) is 35.4 Å². The maximum Gasteiger partial charge on any atom is 0.178 e. The van der Waals surface area contributed by atoms with Crippen LogP contribution in [0.5, 0.6) is 0 Å². The van der Waals surface area contributed by atoms with Crippen molar-refractivity contribution >= 4 is 57.8 Å². The normalized spacial score (nSPS) is 13.2. The number of benzene rings is 1. The second kappa shape index (κ2) is 5.76. The lowest BCUT2D eigenvalue weighted by Gasteiger charge is -2.22. The minimum absolute atomic E-state index is 0.184. The molecule has 0 saturated carbocycles. The van der Waals surface area contributed by atoms with Gasteiger partial charge in [-0.3, -0.25) is 0 Å². The van der Waals surface area contributed by atoms with Gasteiger partial charge in [-0.25, -0.2) is 0 Å². The van der Waals surface area contributed by atoms with E-state index in [0.717, 1.165) is 11.0 Å². The van der Waals surface area contributed by atoms with Crippen LogP contribution in [0.2, 0.25) is 10.0 Å². The zero-order chi connectivity index (χ0) is 15.1. The molecule has 3 rings (SSSR count). The third kappa shape index (κ3) is 2.66. The number of rotatable bonds is 3. The van der Waals surface area contributed by atoms with Crippen LogP contribution in [0.4, 0.5) is 0 Å². The molecule has 21 heavy (non-hydrogen) atoms. The molecule has 0 fully saturated rings. The van der Waals surface area contributed by atoms with Gasteiger partial charge in [0.05, 0.1) is 27.1 Å². The molecule has 0 aliphatic carbocycles. The summed E-state index contributed by atoms with van der Waals surface area (Å²) in [7, 11) is 0.